The van der Waals surface area contributed by atoms with Crippen LogP contribution in [0.1, 0.15) is 31.1 Å². The lowest BCUT2D eigenvalue weighted by molar-refractivity contribution is -0.0395. The maximum Gasteiger partial charge on any atom is 0.102 e. The normalized spacial score (nSPS) is 14.6. The molecule has 0 aliphatic rings. The van der Waals surface area contributed by atoms with E-state index in [-0.39, 0.29) is 6.10 Å². The maximum atomic E-state index is 9.95. The SMILES string of the molecule is CCOCC(C)OCC(O)c1cccc(C)c1. The molecule has 2 unspecified atom stereocenters. The van der Waals surface area contributed by atoms with Crippen molar-refractivity contribution in [2.24, 2.45) is 0 Å². The first-order valence-corrected chi connectivity index (χ1v) is 6.07. The smallest absolute Gasteiger partial charge is 0.102 e. The summed E-state index contributed by atoms with van der Waals surface area (Å²) in [6.45, 7) is 7.46. The first-order valence-electron chi connectivity index (χ1n) is 6.07. The summed E-state index contributed by atoms with van der Waals surface area (Å²) in [6, 6.07) is 7.84. The zero-order chi connectivity index (χ0) is 12.7. The van der Waals surface area contributed by atoms with Gasteiger partial charge in [0.25, 0.3) is 0 Å². The van der Waals surface area contributed by atoms with E-state index in [1.54, 1.807) is 0 Å². The zero-order valence-electron chi connectivity index (χ0n) is 10.8. The second kappa shape index (κ2) is 7.43. The van der Waals surface area contributed by atoms with Crippen molar-refractivity contribution in [2.75, 3.05) is 19.8 Å². The molecule has 0 radical (unpaired) electrons. The second-order valence-electron chi connectivity index (χ2n) is 4.23. The van der Waals surface area contributed by atoms with Gasteiger partial charge in [0.1, 0.15) is 6.10 Å². The van der Waals surface area contributed by atoms with Crippen LogP contribution in [0.15, 0.2) is 24.3 Å². The van der Waals surface area contributed by atoms with E-state index in [1.165, 1.54) is 0 Å². The molecule has 0 aliphatic heterocycles. The molecule has 0 saturated heterocycles. The highest BCUT2D eigenvalue weighted by molar-refractivity contribution is 5.23. The Bertz CT molecular complexity index is 325. The van der Waals surface area contributed by atoms with E-state index in [1.807, 2.05) is 45.0 Å². The maximum absolute atomic E-state index is 9.95. The number of aryl methyl sites for hydroxylation is 1. The molecule has 1 N–H and O–H groups in total. The number of aliphatic hydroxyl groups is 1. The van der Waals surface area contributed by atoms with Crippen molar-refractivity contribution in [2.45, 2.75) is 33.0 Å². The summed E-state index contributed by atoms with van der Waals surface area (Å²) in [6.07, 6.45) is -0.562. The molecule has 3 heteroatoms. The van der Waals surface area contributed by atoms with E-state index in [9.17, 15) is 5.11 Å². The fourth-order valence-corrected chi connectivity index (χ4v) is 1.56. The van der Waals surface area contributed by atoms with Crippen molar-refractivity contribution >= 4 is 0 Å². The minimum absolute atomic E-state index is 0.00871. The molecule has 1 aromatic rings. The van der Waals surface area contributed by atoms with Crippen molar-refractivity contribution in [1.82, 2.24) is 0 Å². The van der Waals surface area contributed by atoms with Gasteiger partial charge in [-0.25, -0.2) is 0 Å². The molecule has 17 heavy (non-hydrogen) atoms. The van der Waals surface area contributed by atoms with Gasteiger partial charge in [0.2, 0.25) is 0 Å². The molecule has 2 atom stereocenters. The second-order valence-corrected chi connectivity index (χ2v) is 4.23. The summed E-state index contributed by atoms with van der Waals surface area (Å²) in [5, 5.41) is 9.95. The van der Waals surface area contributed by atoms with Crippen molar-refractivity contribution in [3.05, 3.63) is 35.4 Å². The third-order valence-electron chi connectivity index (χ3n) is 2.52. The molecule has 0 aliphatic carbocycles. The Hall–Kier alpha value is -0.900. The lowest BCUT2D eigenvalue weighted by Gasteiger charge is -2.16. The molecule has 1 rings (SSSR count). The summed E-state index contributed by atoms with van der Waals surface area (Å²) in [4.78, 5) is 0. The summed E-state index contributed by atoms with van der Waals surface area (Å²) >= 11 is 0. The Morgan fingerprint density at radius 2 is 2.06 bits per heavy atom. The predicted molar refractivity (Wildman–Crippen MR) is 68.0 cm³/mol. The first kappa shape index (κ1) is 14.2. The van der Waals surface area contributed by atoms with Gasteiger partial charge in [-0.1, -0.05) is 29.8 Å². The summed E-state index contributed by atoms with van der Waals surface area (Å²) in [5.74, 6) is 0. The van der Waals surface area contributed by atoms with Gasteiger partial charge in [0.15, 0.2) is 0 Å². The quantitative estimate of drug-likeness (QED) is 0.793. The largest absolute Gasteiger partial charge is 0.386 e. The molecule has 96 valence electrons. The lowest BCUT2D eigenvalue weighted by atomic mass is 10.1. The third-order valence-corrected chi connectivity index (χ3v) is 2.52. The van der Waals surface area contributed by atoms with Crippen LogP contribution in [0.5, 0.6) is 0 Å². The molecule has 0 spiro atoms. The van der Waals surface area contributed by atoms with Crippen LogP contribution in [-0.2, 0) is 9.47 Å². The van der Waals surface area contributed by atoms with Gasteiger partial charge in [0.05, 0.1) is 19.3 Å². The Kier molecular flexibility index (Phi) is 6.19. The topological polar surface area (TPSA) is 38.7 Å². The first-order chi connectivity index (χ1) is 8.13. The van der Waals surface area contributed by atoms with Crippen LogP contribution < -0.4 is 0 Å². The van der Waals surface area contributed by atoms with E-state index < -0.39 is 6.10 Å². The van der Waals surface area contributed by atoms with Crippen LogP contribution >= 0.6 is 0 Å². The average molecular weight is 238 g/mol. The molecule has 1 aromatic carbocycles. The van der Waals surface area contributed by atoms with Crippen LogP contribution in [0, 0.1) is 6.92 Å². The van der Waals surface area contributed by atoms with E-state index >= 15 is 0 Å². The van der Waals surface area contributed by atoms with E-state index in [4.69, 9.17) is 9.47 Å². The highest BCUT2D eigenvalue weighted by atomic mass is 16.5. The van der Waals surface area contributed by atoms with Gasteiger partial charge >= 0.3 is 0 Å². The molecular weight excluding hydrogens is 216 g/mol. The van der Waals surface area contributed by atoms with E-state index in [2.05, 4.69) is 0 Å². The Morgan fingerprint density at radius 1 is 1.29 bits per heavy atom. The number of rotatable bonds is 7. The predicted octanol–water partition coefficient (Wildman–Crippen LogP) is 2.47. The third kappa shape index (κ3) is 5.31. The van der Waals surface area contributed by atoms with Gasteiger partial charge in [-0.05, 0) is 26.3 Å². The number of benzene rings is 1. The van der Waals surface area contributed by atoms with Crippen molar-refractivity contribution in [3.63, 3.8) is 0 Å². The zero-order valence-corrected chi connectivity index (χ0v) is 10.8. The van der Waals surface area contributed by atoms with Crippen LogP contribution in [0.3, 0.4) is 0 Å². The standard InChI is InChI=1S/C14H22O3/c1-4-16-9-12(3)17-10-14(15)13-7-5-6-11(2)8-13/h5-8,12,14-15H,4,9-10H2,1-3H3. The van der Waals surface area contributed by atoms with Crippen molar-refractivity contribution in [1.29, 1.82) is 0 Å². The van der Waals surface area contributed by atoms with Gasteiger partial charge in [-0.15, -0.1) is 0 Å². The molecule has 0 saturated carbocycles. The lowest BCUT2D eigenvalue weighted by Crippen LogP contribution is -2.19. The van der Waals surface area contributed by atoms with Crippen LogP contribution in [-0.4, -0.2) is 31.0 Å². The molecular formula is C14H22O3. The fraction of sp³-hybridized carbons (Fsp3) is 0.571. The van der Waals surface area contributed by atoms with Crippen LogP contribution in [0.25, 0.3) is 0 Å². The Morgan fingerprint density at radius 3 is 2.71 bits per heavy atom. The van der Waals surface area contributed by atoms with Crippen LogP contribution in [0.2, 0.25) is 0 Å². The van der Waals surface area contributed by atoms with Crippen molar-refractivity contribution in [3.8, 4) is 0 Å². The van der Waals surface area contributed by atoms with Gasteiger partial charge < -0.3 is 14.6 Å². The molecule has 0 aromatic heterocycles. The van der Waals surface area contributed by atoms with Crippen molar-refractivity contribution < 1.29 is 14.6 Å². The fourth-order valence-electron chi connectivity index (χ4n) is 1.56. The summed E-state index contributed by atoms with van der Waals surface area (Å²) < 4.78 is 10.8. The minimum atomic E-state index is -0.570. The molecule has 0 heterocycles. The number of aliphatic hydroxyl groups excluding tert-OH is 1. The highest BCUT2D eigenvalue weighted by Crippen LogP contribution is 2.15. The Labute approximate surface area is 103 Å². The van der Waals surface area contributed by atoms with Crippen LogP contribution in [0.4, 0.5) is 0 Å². The minimum Gasteiger partial charge on any atom is -0.386 e. The summed E-state index contributed by atoms with van der Waals surface area (Å²) in [5.41, 5.74) is 2.04. The molecule has 0 bridgehead atoms. The Balaban J connectivity index is 2.36. The number of hydrogen-bond donors (Lipinski definition) is 1. The monoisotopic (exact) mass is 238 g/mol. The van der Waals surface area contributed by atoms with Gasteiger partial charge in [-0.2, -0.15) is 0 Å². The number of ether oxygens (including phenoxy) is 2. The highest BCUT2D eigenvalue weighted by Gasteiger charge is 2.10. The van der Waals surface area contributed by atoms with Gasteiger partial charge in [-0.3, -0.25) is 0 Å². The average Bonchev–Trinajstić information content (AvgIpc) is 2.33. The molecule has 3 nitrogen and oxygen atoms in total. The molecule has 0 fully saturated rings. The summed E-state index contributed by atoms with van der Waals surface area (Å²) in [7, 11) is 0. The van der Waals surface area contributed by atoms with E-state index in [0.717, 1.165) is 11.1 Å². The van der Waals surface area contributed by atoms with Gasteiger partial charge in [0, 0.05) is 6.61 Å². The molecule has 0 amide bonds. The van der Waals surface area contributed by atoms with E-state index in [0.29, 0.717) is 19.8 Å². The number of hydrogen-bond acceptors (Lipinski definition) is 3.